The molecule has 174 valence electrons. The average Bonchev–Trinajstić information content (AvgIpc) is 3.07. The van der Waals surface area contributed by atoms with Gasteiger partial charge in [0.25, 0.3) is 11.8 Å². The number of methoxy groups -OCH3 is 1. The molecule has 1 heterocycles. The number of nitrogens with one attached hydrogen (secondary N) is 3. The molecule has 9 heteroatoms. The number of benzene rings is 3. The Morgan fingerprint density at radius 3 is 2.35 bits per heavy atom. The van der Waals surface area contributed by atoms with Crippen molar-refractivity contribution < 1.29 is 23.9 Å². The smallest absolute Gasteiger partial charge is 0.325 e. The van der Waals surface area contributed by atoms with Crippen molar-refractivity contribution in [3.63, 3.8) is 0 Å². The Morgan fingerprint density at radius 2 is 1.68 bits per heavy atom. The van der Waals surface area contributed by atoms with Gasteiger partial charge in [-0.25, -0.2) is 4.79 Å². The molecule has 0 bridgehead atoms. The van der Waals surface area contributed by atoms with Gasteiger partial charge in [0.1, 0.15) is 17.8 Å². The van der Waals surface area contributed by atoms with Crippen molar-refractivity contribution in [2.75, 3.05) is 26.0 Å². The average molecular weight is 460 g/mol. The van der Waals surface area contributed by atoms with Gasteiger partial charge in [0.05, 0.1) is 7.11 Å². The van der Waals surface area contributed by atoms with Gasteiger partial charge in [0.2, 0.25) is 5.91 Å². The first-order valence-corrected chi connectivity index (χ1v) is 10.6. The van der Waals surface area contributed by atoms with Crippen molar-refractivity contribution in [1.82, 2.24) is 15.5 Å². The standard InChI is InChI=1S/C25H24N4O5/c1-25(18-8-4-17-13-20(34-3)11-7-16(17)12-18)23(32)29(24(33)28-25)14-21(30)27-19-9-5-15(6-10-19)22(31)26-2/h4-13H,14H2,1-3H3,(H,26,31)(H,27,30)(H,28,33)/t25-/m0/s1. The third-order valence-electron chi connectivity index (χ3n) is 5.86. The Labute approximate surface area is 196 Å². The summed E-state index contributed by atoms with van der Waals surface area (Å²) in [7, 11) is 3.12. The molecule has 4 rings (SSSR count). The van der Waals surface area contributed by atoms with Crippen LogP contribution < -0.4 is 20.7 Å². The van der Waals surface area contributed by atoms with Gasteiger partial charge in [0, 0.05) is 18.3 Å². The Bertz CT molecular complexity index is 1300. The SMILES string of the molecule is CNC(=O)c1ccc(NC(=O)CN2C(=O)N[C@@](C)(c3ccc4cc(OC)ccc4c3)C2=O)cc1. The second-order valence-corrected chi connectivity index (χ2v) is 8.08. The molecule has 1 aliphatic heterocycles. The highest BCUT2D eigenvalue weighted by Crippen LogP contribution is 2.32. The molecule has 1 fully saturated rings. The van der Waals surface area contributed by atoms with E-state index in [1.54, 1.807) is 44.4 Å². The maximum absolute atomic E-state index is 13.2. The number of anilines is 1. The molecule has 3 N–H and O–H groups in total. The van der Waals surface area contributed by atoms with Crippen LogP contribution in [0.2, 0.25) is 0 Å². The van der Waals surface area contributed by atoms with Crippen molar-refractivity contribution in [1.29, 1.82) is 0 Å². The predicted octanol–water partition coefficient (Wildman–Crippen LogP) is 2.61. The Morgan fingerprint density at radius 1 is 1.00 bits per heavy atom. The number of nitrogens with zero attached hydrogens (tertiary/aromatic N) is 1. The maximum atomic E-state index is 13.2. The minimum Gasteiger partial charge on any atom is -0.497 e. The monoisotopic (exact) mass is 460 g/mol. The van der Waals surface area contributed by atoms with Crippen LogP contribution in [-0.2, 0) is 15.1 Å². The highest BCUT2D eigenvalue weighted by Gasteiger charge is 2.49. The van der Waals surface area contributed by atoms with E-state index in [0.717, 1.165) is 21.4 Å². The summed E-state index contributed by atoms with van der Waals surface area (Å²) in [6.07, 6.45) is 0. The van der Waals surface area contributed by atoms with Crippen LogP contribution in [0.5, 0.6) is 5.75 Å². The lowest BCUT2D eigenvalue weighted by Crippen LogP contribution is -2.42. The number of fused-ring (bicyclic) bond motifs is 1. The molecule has 1 saturated heterocycles. The molecule has 0 aromatic heterocycles. The number of hydrogen-bond acceptors (Lipinski definition) is 5. The maximum Gasteiger partial charge on any atom is 0.325 e. The largest absolute Gasteiger partial charge is 0.497 e. The molecule has 0 saturated carbocycles. The first-order chi connectivity index (χ1) is 16.2. The molecule has 5 amide bonds. The number of carbonyl (C=O) groups is 4. The van der Waals surface area contributed by atoms with Gasteiger partial charge < -0.3 is 20.7 Å². The van der Waals surface area contributed by atoms with Crippen molar-refractivity contribution in [3.8, 4) is 5.75 Å². The fourth-order valence-electron chi connectivity index (χ4n) is 3.89. The Hall–Kier alpha value is -4.40. The van der Waals surface area contributed by atoms with Crippen molar-refractivity contribution in [3.05, 3.63) is 71.8 Å². The fraction of sp³-hybridized carbons (Fsp3) is 0.200. The summed E-state index contributed by atoms with van der Waals surface area (Å²) in [5, 5.41) is 9.69. The van der Waals surface area contributed by atoms with Crippen LogP contribution in [0.3, 0.4) is 0 Å². The van der Waals surface area contributed by atoms with E-state index in [1.807, 2.05) is 30.3 Å². The third-order valence-corrected chi connectivity index (χ3v) is 5.86. The van der Waals surface area contributed by atoms with Crippen LogP contribution in [0.25, 0.3) is 10.8 Å². The molecule has 0 aliphatic carbocycles. The van der Waals surface area contributed by atoms with E-state index < -0.39 is 29.9 Å². The van der Waals surface area contributed by atoms with Crippen molar-refractivity contribution >= 4 is 40.2 Å². The molecule has 0 spiro atoms. The number of imide groups is 1. The van der Waals surface area contributed by atoms with Crippen molar-refractivity contribution in [2.45, 2.75) is 12.5 Å². The first kappa shape index (κ1) is 22.8. The number of rotatable bonds is 6. The van der Waals surface area contributed by atoms with Gasteiger partial charge in [0.15, 0.2) is 0 Å². The molecule has 34 heavy (non-hydrogen) atoms. The van der Waals surface area contributed by atoms with E-state index in [0.29, 0.717) is 16.8 Å². The van der Waals surface area contributed by atoms with E-state index in [4.69, 9.17) is 4.74 Å². The zero-order chi connectivity index (χ0) is 24.5. The highest BCUT2D eigenvalue weighted by atomic mass is 16.5. The normalized spacial score (nSPS) is 17.4. The number of amides is 5. The summed E-state index contributed by atoms with van der Waals surface area (Å²) >= 11 is 0. The van der Waals surface area contributed by atoms with Gasteiger partial charge >= 0.3 is 6.03 Å². The summed E-state index contributed by atoms with van der Waals surface area (Å²) in [6.45, 7) is 1.18. The van der Waals surface area contributed by atoms with E-state index >= 15 is 0 Å². The summed E-state index contributed by atoms with van der Waals surface area (Å²) in [6, 6.07) is 16.7. The molecule has 1 atom stereocenters. The van der Waals surface area contributed by atoms with Crippen LogP contribution in [0.15, 0.2) is 60.7 Å². The van der Waals surface area contributed by atoms with Crippen LogP contribution in [0.4, 0.5) is 10.5 Å². The van der Waals surface area contributed by atoms with Gasteiger partial charge in [-0.3, -0.25) is 19.3 Å². The second-order valence-electron chi connectivity index (χ2n) is 8.08. The van der Waals surface area contributed by atoms with Gasteiger partial charge in [-0.15, -0.1) is 0 Å². The van der Waals surface area contributed by atoms with Gasteiger partial charge in [-0.05, 0) is 65.7 Å². The second kappa shape index (κ2) is 8.86. The summed E-state index contributed by atoms with van der Waals surface area (Å²) in [4.78, 5) is 50.9. The lowest BCUT2D eigenvalue weighted by molar-refractivity contribution is -0.133. The lowest BCUT2D eigenvalue weighted by Gasteiger charge is -2.22. The molecule has 0 radical (unpaired) electrons. The summed E-state index contributed by atoms with van der Waals surface area (Å²) < 4.78 is 5.24. The molecular weight excluding hydrogens is 436 g/mol. The van der Waals surface area contributed by atoms with E-state index in [-0.39, 0.29) is 5.91 Å². The molecule has 3 aromatic rings. The van der Waals surface area contributed by atoms with E-state index in [2.05, 4.69) is 16.0 Å². The van der Waals surface area contributed by atoms with Crippen molar-refractivity contribution in [2.24, 2.45) is 0 Å². The number of carbonyl (C=O) groups excluding carboxylic acids is 4. The van der Waals surface area contributed by atoms with Gasteiger partial charge in [-0.2, -0.15) is 0 Å². The zero-order valence-electron chi connectivity index (χ0n) is 19.0. The van der Waals surface area contributed by atoms with Crippen LogP contribution >= 0.6 is 0 Å². The topological polar surface area (TPSA) is 117 Å². The third kappa shape index (κ3) is 4.15. The molecule has 1 aliphatic rings. The molecule has 0 unspecified atom stereocenters. The number of ether oxygens (including phenoxy) is 1. The van der Waals surface area contributed by atoms with Crippen LogP contribution in [0.1, 0.15) is 22.8 Å². The predicted molar refractivity (Wildman–Crippen MR) is 127 cm³/mol. The zero-order valence-corrected chi connectivity index (χ0v) is 19.0. The van der Waals surface area contributed by atoms with Crippen LogP contribution in [-0.4, -0.2) is 49.4 Å². The fourth-order valence-corrected chi connectivity index (χ4v) is 3.89. The number of hydrogen-bond donors (Lipinski definition) is 3. The minimum atomic E-state index is -1.30. The first-order valence-electron chi connectivity index (χ1n) is 10.6. The summed E-state index contributed by atoms with van der Waals surface area (Å²) in [5.74, 6) is -0.581. The van der Waals surface area contributed by atoms with E-state index in [1.165, 1.54) is 7.05 Å². The van der Waals surface area contributed by atoms with E-state index in [9.17, 15) is 19.2 Å². The van der Waals surface area contributed by atoms with Gasteiger partial charge in [-0.1, -0.05) is 18.2 Å². The summed E-state index contributed by atoms with van der Waals surface area (Å²) in [5.41, 5.74) is 0.188. The highest BCUT2D eigenvalue weighted by molar-refractivity contribution is 6.10. The molecule has 3 aromatic carbocycles. The quantitative estimate of drug-likeness (QED) is 0.489. The number of urea groups is 1. The Balaban J connectivity index is 1.49. The minimum absolute atomic E-state index is 0.246. The van der Waals surface area contributed by atoms with Crippen LogP contribution in [0, 0.1) is 0 Å². The molecular formula is C25H24N4O5. The Kier molecular flexibility index (Phi) is 5.93. The lowest BCUT2D eigenvalue weighted by atomic mass is 9.90. The molecule has 9 nitrogen and oxygen atoms in total.